The summed E-state index contributed by atoms with van der Waals surface area (Å²) >= 11 is 0. The van der Waals surface area contributed by atoms with Crippen LogP contribution >= 0.6 is 0 Å². The van der Waals surface area contributed by atoms with Crippen LogP contribution in [0.2, 0.25) is 0 Å². The number of carbonyl (C=O) groups excluding carboxylic acids is 1. The van der Waals surface area contributed by atoms with Crippen molar-refractivity contribution in [3.8, 4) is 5.75 Å². The highest BCUT2D eigenvalue weighted by Crippen LogP contribution is 2.36. The molecular weight excluding hydrogens is 222 g/mol. The summed E-state index contributed by atoms with van der Waals surface area (Å²) in [4.78, 5) is 22.0. The van der Waals surface area contributed by atoms with Crippen LogP contribution in [0.5, 0.6) is 5.75 Å². The number of ether oxygens (including phenoxy) is 1. The zero-order chi connectivity index (χ0) is 12.6. The van der Waals surface area contributed by atoms with Gasteiger partial charge in [-0.1, -0.05) is 6.92 Å². The van der Waals surface area contributed by atoms with Crippen molar-refractivity contribution in [3.63, 3.8) is 0 Å². The van der Waals surface area contributed by atoms with E-state index in [1.54, 1.807) is 0 Å². The van der Waals surface area contributed by atoms with E-state index >= 15 is 0 Å². The number of benzene rings is 1. The van der Waals surface area contributed by atoms with E-state index in [0.717, 1.165) is 6.42 Å². The Morgan fingerprint density at radius 1 is 1.53 bits per heavy atom. The van der Waals surface area contributed by atoms with E-state index < -0.39 is 10.5 Å². The summed E-state index contributed by atoms with van der Waals surface area (Å²) in [5.74, 6) is 0.343. The maximum Gasteiger partial charge on any atom is 0.270 e. The number of carbonyl (C=O) groups is 1. The summed E-state index contributed by atoms with van der Waals surface area (Å²) in [5, 5.41) is 10.6. The lowest BCUT2D eigenvalue weighted by Crippen LogP contribution is -2.38. The number of nitro groups is 1. The topological polar surface area (TPSA) is 69.4 Å². The Bertz CT molecular complexity index is 497. The van der Waals surface area contributed by atoms with Gasteiger partial charge in [-0.2, -0.15) is 0 Å². The zero-order valence-electron chi connectivity index (χ0n) is 9.73. The summed E-state index contributed by atoms with van der Waals surface area (Å²) in [5.41, 5.74) is -0.272. The third kappa shape index (κ3) is 2.00. The van der Waals surface area contributed by atoms with Gasteiger partial charge in [0.25, 0.3) is 5.69 Å². The standard InChI is InChI=1S/C12H13NO4/c1-3-12(2)7-10(14)9-6-8(13(15)16)4-5-11(9)17-12/h4-6H,3,7H2,1-2H3/t12-/m0/s1. The minimum atomic E-state index is -0.513. The molecule has 0 saturated carbocycles. The number of nitrogens with zero attached hydrogens (tertiary/aromatic N) is 1. The van der Waals surface area contributed by atoms with E-state index in [2.05, 4.69) is 0 Å². The number of hydrogen-bond acceptors (Lipinski definition) is 4. The third-order valence-corrected chi connectivity index (χ3v) is 3.11. The maximum atomic E-state index is 11.9. The van der Waals surface area contributed by atoms with E-state index in [4.69, 9.17) is 4.74 Å². The largest absolute Gasteiger partial charge is 0.486 e. The van der Waals surface area contributed by atoms with Crippen molar-refractivity contribution in [3.05, 3.63) is 33.9 Å². The van der Waals surface area contributed by atoms with Gasteiger partial charge < -0.3 is 4.74 Å². The van der Waals surface area contributed by atoms with E-state index in [9.17, 15) is 14.9 Å². The van der Waals surface area contributed by atoms with Crippen LogP contribution in [0.4, 0.5) is 5.69 Å². The van der Waals surface area contributed by atoms with Gasteiger partial charge in [0.15, 0.2) is 5.78 Å². The average Bonchev–Trinajstić information content (AvgIpc) is 2.28. The first-order valence-electron chi connectivity index (χ1n) is 5.46. The van der Waals surface area contributed by atoms with Crippen LogP contribution in [-0.2, 0) is 0 Å². The van der Waals surface area contributed by atoms with Crippen LogP contribution in [0.3, 0.4) is 0 Å². The Morgan fingerprint density at radius 2 is 2.24 bits per heavy atom. The predicted molar refractivity (Wildman–Crippen MR) is 61.4 cm³/mol. The van der Waals surface area contributed by atoms with Crippen molar-refractivity contribution in [1.29, 1.82) is 0 Å². The van der Waals surface area contributed by atoms with E-state index in [1.807, 2.05) is 13.8 Å². The molecule has 0 fully saturated rings. The van der Waals surface area contributed by atoms with Gasteiger partial charge in [0.2, 0.25) is 0 Å². The zero-order valence-corrected chi connectivity index (χ0v) is 9.73. The third-order valence-electron chi connectivity index (χ3n) is 3.11. The van der Waals surface area contributed by atoms with Gasteiger partial charge >= 0.3 is 0 Å². The summed E-state index contributed by atoms with van der Waals surface area (Å²) in [6.45, 7) is 3.82. The number of nitro benzene ring substituents is 1. The molecule has 1 aromatic carbocycles. The van der Waals surface area contributed by atoms with Crippen molar-refractivity contribution in [2.45, 2.75) is 32.3 Å². The van der Waals surface area contributed by atoms with Gasteiger partial charge in [0.05, 0.1) is 16.9 Å². The molecule has 0 saturated heterocycles. The van der Waals surface area contributed by atoms with E-state index in [1.165, 1.54) is 18.2 Å². The second-order valence-corrected chi connectivity index (χ2v) is 4.44. The van der Waals surface area contributed by atoms with Crippen LogP contribution < -0.4 is 4.74 Å². The summed E-state index contributed by atoms with van der Waals surface area (Å²) < 4.78 is 5.73. The number of fused-ring (bicyclic) bond motifs is 1. The van der Waals surface area contributed by atoms with Crippen LogP contribution in [0, 0.1) is 10.1 Å². The molecule has 1 aliphatic rings. The lowest BCUT2D eigenvalue weighted by atomic mass is 9.89. The van der Waals surface area contributed by atoms with Crippen LogP contribution in [0.1, 0.15) is 37.0 Å². The first kappa shape index (κ1) is 11.6. The minimum absolute atomic E-state index is 0.0826. The fourth-order valence-corrected chi connectivity index (χ4v) is 1.87. The van der Waals surface area contributed by atoms with Crippen LogP contribution in [0.25, 0.3) is 0 Å². The fourth-order valence-electron chi connectivity index (χ4n) is 1.87. The molecule has 17 heavy (non-hydrogen) atoms. The Hall–Kier alpha value is -1.91. The molecule has 5 nitrogen and oxygen atoms in total. The van der Waals surface area contributed by atoms with Gasteiger partial charge in [0, 0.05) is 12.1 Å². The van der Waals surface area contributed by atoms with Gasteiger partial charge in [-0.15, -0.1) is 0 Å². The second-order valence-electron chi connectivity index (χ2n) is 4.44. The molecule has 0 aliphatic carbocycles. The van der Waals surface area contributed by atoms with Crippen molar-refractivity contribution < 1.29 is 14.5 Å². The van der Waals surface area contributed by atoms with Crippen molar-refractivity contribution in [2.75, 3.05) is 0 Å². The Morgan fingerprint density at radius 3 is 2.82 bits per heavy atom. The summed E-state index contributed by atoms with van der Waals surface area (Å²) in [6.07, 6.45) is 0.979. The van der Waals surface area contributed by atoms with Gasteiger partial charge in [-0.3, -0.25) is 14.9 Å². The Kier molecular flexibility index (Phi) is 2.61. The van der Waals surface area contributed by atoms with Crippen molar-refractivity contribution >= 4 is 11.5 Å². The molecule has 1 aromatic rings. The van der Waals surface area contributed by atoms with Gasteiger partial charge in [0.1, 0.15) is 11.4 Å². The molecule has 1 heterocycles. The molecule has 90 valence electrons. The monoisotopic (exact) mass is 235 g/mol. The molecule has 0 N–H and O–H groups in total. The number of non-ortho nitro benzene ring substituents is 1. The quantitative estimate of drug-likeness (QED) is 0.583. The Balaban J connectivity index is 2.45. The summed E-state index contributed by atoms with van der Waals surface area (Å²) in [6, 6.07) is 4.14. The van der Waals surface area contributed by atoms with Crippen LogP contribution in [-0.4, -0.2) is 16.3 Å². The lowest BCUT2D eigenvalue weighted by Gasteiger charge is -2.33. The first-order chi connectivity index (χ1) is 7.95. The fraction of sp³-hybridized carbons (Fsp3) is 0.417. The molecule has 0 unspecified atom stereocenters. The van der Waals surface area contributed by atoms with Crippen molar-refractivity contribution in [2.24, 2.45) is 0 Å². The normalized spacial score (nSPS) is 22.8. The molecule has 2 rings (SSSR count). The van der Waals surface area contributed by atoms with Crippen molar-refractivity contribution in [1.82, 2.24) is 0 Å². The highest BCUT2D eigenvalue weighted by Gasteiger charge is 2.35. The molecule has 0 aromatic heterocycles. The van der Waals surface area contributed by atoms with Gasteiger partial charge in [-0.25, -0.2) is 0 Å². The predicted octanol–water partition coefficient (Wildman–Crippen LogP) is 2.73. The van der Waals surface area contributed by atoms with Crippen LogP contribution in [0.15, 0.2) is 18.2 Å². The SMILES string of the molecule is CC[C@@]1(C)CC(=O)c2cc([N+](=O)[O-])ccc2O1. The number of rotatable bonds is 2. The highest BCUT2D eigenvalue weighted by atomic mass is 16.6. The maximum absolute atomic E-state index is 11.9. The molecule has 0 spiro atoms. The van der Waals surface area contributed by atoms with E-state index in [0.29, 0.717) is 11.3 Å². The number of Topliss-reactive ketones (excluding diaryl/α,β-unsaturated/α-hetero) is 1. The molecule has 0 amide bonds. The Labute approximate surface area is 98.5 Å². The molecule has 1 aliphatic heterocycles. The smallest absolute Gasteiger partial charge is 0.270 e. The molecule has 0 radical (unpaired) electrons. The van der Waals surface area contributed by atoms with Gasteiger partial charge in [-0.05, 0) is 19.4 Å². The molecule has 0 bridgehead atoms. The minimum Gasteiger partial charge on any atom is -0.486 e. The number of hydrogen-bond donors (Lipinski definition) is 0. The number of ketones is 1. The van der Waals surface area contributed by atoms with E-state index in [-0.39, 0.29) is 17.9 Å². The highest BCUT2D eigenvalue weighted by molar-refractivity contribution is 6.00. The average molecular weight is 235 g/mol. The summed E-state index contributed by atoms with van der Waals surface area (Å²) in [7, 11) is 0. The second kappa shape index (κ2) is 3.84. The molecule has 1 atom stereocenters. The first-order valence-corrected chi connectivity index (χ1v) is 5.46. The molecular formula is C12H13NO4. The molecule has 5 heteroatoms. The lowest BCUT2D eigenvalue weighted by molar-refractivity contribution is -0.384.